The van der Waals surface area contributed by atoms with E-state index in [2.05, 4.69) is 5.32 Å². The first-order valence-corrected chi connectivity index (χ1v) is 11.6. The summed E-state index contributed by atoms with van der Waals surface area (Å²) in [6, 6.07) is 8.47. The van der Waals surface area contributed by atoms with Gasteiger partial charge in [0.2, 0.25) is 5.69 Å². The molecule has 9 heteroatoms. The van der Waals surface area contributed by atoms with Crippen LogP contribution in [0, 0.1) is 5.92 Å². The predicted molar refractivity (Wildman–Crippen MR) is 122 cm³/mol. The lowest BCUT2D eigenvalue weighted by Crippen LogP contribution is -2.42. The molecule has 9 nitrogen and oxygen atoms in total. The van der Waals surface area contributed by atoms with Gasteiger partial charge in [-0.2, -0.15) is 5.10 Å². The van der Waals surface area contributed by atoms with E-state index in [-0.39, 0.29) is 17.6 Å². The van der Waals surface area contributed by atoms with E-state index in [9.17, 15) is 15.1 Å². The van der Waals surface area contributed by atoms with E-state index in [1.165, 1.54) is 12.1 Å². The van der Waals surface area contributed by atoms with E-state index < -0.39 is 11.5 Å². The van der Waals surface area contributed by atoms with Crippen LogP contribution >= 0.6 is 0 Å². The van der Waals surface area contributed by atoms with E-state index in [1.807, 2.05) is 29.9 Å². The molecule has 2 fully saturated rings. The van der Waals surface area contributed by atoms with Crippen LogP contribution in [-0.4, -0.2) is 38.2 Å². The molecule has 1 amide bonds. The van der Waals surface area contributed by atoms with Gasteiger partial charge in [-0.3, -0.25) is 15.2 Å². The summed E-state index contributed by atoms with van der Waals surface area (Å²) in [5, 5.41) is 29.4. The number of anilines is 2. The Kier molecular flexibility index (Phi) is 5.36. The molecule has 3 aromatic rings. The number of carbonyl (C=O) groups is 1. The molecule has 174 valence electrons. The van der Waals surface area contributed by atoms with Gasteiger partial charge in [0.1, 0.15) is 5.75 Å². The van der Waals surface area contributed by atoms with Crippen LogP contribution in [0.2, 0.25) is 0 Å². The molecule has 2 aliphatic rings. The number of aliphatic hydroxyl groups is 1. The van der Waals surface area contributed by atoms with Crippen LogP contribution in [0.4, 0.5) is 11.5 Å². The molecule has 2 aromatic heterocycles. The van der Waals surface area contributed by atoms with E-state index in [0.717, 1.165) is 49.4 Å². The van der Waals surface area contributed by atoms with Crippen molar-refractivity contribution in [2.45, 2.75) is 57.1 Å². The largest absolute Gasteiger partial charge is 0.492 e. The molecule has 2 aliphatic carbocycles. The van der Waals surface area contributed by atoms with E-state index >= 15 is 0 Å². The van der Waals surface area contributed by atoms with Gasteiger partial charge < -0.3 is 20.4 Å². The predicted octanol–water partition coefficient (Wildman–Crippen LogP) is 3.05. The Balaban J connectivity index is 1.40. The van der Waals surface area contributed by atoms with Crippen molar-refractivity contribution in [3.63, 3.8) is 0 Å². The van der Waals surface area contributed by atoms with Crippen LogP contribution in [0.5, 0.6) is 5.75 Å². The van der Waals surface area contributed by atoms with Crippen molar-refractivity contribution in [2.75, 3.05) is 17.7 Å². The lowest BCUT2D eigenvalue weighted by Gasteiger charge is -2.36. The lowest BCUT2D eigenvalue weighted by molar-refractivity contribution is -0.894. The zero-order valence-corrected chi connectivity index (χ0v) is 18.7. The Morgan fingerprint density at radius 2 is 2.06 bits per heavy atom. The molecule has 0 bridgehead atoms. The minimum absolute atomic E-state index is 0.0126. The fourth-order valence-corrected chi connectivity index (χ4v) is 4.90. The van der Waals surface area contributed by atoms with Gasteiger partial charge in [0.15, 0.2) is 0 Å². The summed E-state index contributed by atoms with van der Waals surface area (Å²) >= 11 is 0. The molecule has 2 heterocycles. The molecule has 33 heavy (non-hydrogen) atoms. The van der Waals surface area contributed by atoms with Crippen molar-refractivity contribution in [2.24, 2.45) is 5.92 Å². The smallest absolute Gasteiger partial charge is 0.312 e. The highest BCUT2D eigenvalue weighted by Crippen LogP contribution is 2.49. The SMILES string of the molecule is CCOc1cc2nn(C3CCC(O)(C4CC4)CC3)cc2cc1NC(=O)c1cccc(N)[n+]1O. The number of rotatable bonds is 6. The Hall–Kier alpha value is -3.33. The summed E-state index contributed by atoms with van der Waals surface area (Å²) in [4.78, 5) is 12.8. The number of ether oxygens (including phenoxy) is 1. The number of pyridine rings is 1. The normalized spacial score (nSPS) is 22.9. The lowest BCUT2D eigenvalue weighted by atomic mass is 9.79. The molecule has 5 rings (SSSR count). The van der Waals surface area contributed by atoms with Crippen LogP contribution in [0.1, 0.15) is 62.0 Å². The number of nitrogen functional groups attached to an aromatic ring is 1. The number of nitrogens with two attached hydrogens (primary N) is 1. The number of carbonyl (C=O) groups excluding carboxylic acids is 1. The van der Waals surface area contributed by atoms with Crippen LogP contribution in [-0.2, 0) is 0 Å². The molecule has 0 aliphatic heterocycles. The van der Waals surface area contributed by atoms with Crippen LogP contribution in [0.15, 0.2) is 36.5 Å². The molecule has 2 saturated carbocycles. The number of hydrogen-bond donors (Lipinski definition) is 4. The van der Waals surface area contributed by atoms with Crippen molar-refractivity contribution < 1.29 is 24.6 Å². The van der Waals surface area contributed by atoms with Crippen LogP contribution in [0.3, 0.4) is 0 Å². The van der Waals surface area contributed by atoms with E-state index in [0.29, 0.717) is 28.7 Å². The maximum atomic E-state index is 12.8. The molecular formula is C24H30N5O4+. The molecule has 1 aromatic carbocycles. The quantitative estimate of drug-likeness (QED) is 0.336. The Bertz CT molecular complexity index is 1200. The second-order valence-electron chi connectivity index (χ2n) is 9.16. The molecule has 0 spiro atoms. The number of aromatic nitrogens is 3. The Morgan fingerprint density at radius 3 is 2.76 bits per heavy atom. The summed E-state index contributed by atoms with van der Waals surface area (Å²) in [6.45, 7) is 2.30. The maximum absolute atomic E-state index is 12.8. The number of nitrogens with one attached hydrogen (secondary N) is 1. The maximum Gasteiger partial charge on any atom is 0.312 e. The van der Waals surface area contributed by atoms with Crippen molar-refractivity contribution in [3.8, 4) is 5.75 Å². The highest BCUT2D eigenvalue weighted by molar-refractivity contribution is 6.04. The first-order chi connectivity index (χ1) is 15.9. The van der Waals surface area contributed by atoms with Gasteiger partial charge in [0, 0.05) is 23.7 Å². The minimum atomic E-state index is -0.510. The highest BCUT2D eigenvalue weighted by Gasteiger charge is 2.45. The molecule has 5 N–H and O–H groups in total. The molecule has 0 saturated heterocycles. The third-order valence-electron chi connectivity index (χ3n) is 6.93. The third-order valence-corrected chi connectivity index (χ3v) is 6.93. The van der Waals surface area contributed by atoms with Gasteiger partial charge in [0.05, 0.1) is 29.5 Å². The molecule has 0 unspecified atom stereocenters. The van der Waals surface area contributed by atoms with Crippen LogP contribution in [0.25, 0.3) is 10.9 Å². The zero-order valence-electron chi connectivity index (χ0n) is 18.7. The van der Waals surface area contributed by atoms with Gasteiger partial charge in [-0.15, -0.1) is 0 Å². The average molecular weight is 453 g/mol. The second kappa shape index (κ2) is 8.22. The fraction of sp³-hybridized carbons (Fsp3) is 0.458. The number of fused-ring (bicyclic) bond motifs is 1. The van der Waals surface area contributed by atoms with Gasteiger partial charge in [-0.1, -0.05) is 0 Å². The Morgan fingerprint density at radius 1 is 1.30 bits per heavy atom. The van der Waals surface area contributed by atoms with Crippen molar-refractivity contribution in [3.05, 3.63) is 42.2 Å². The van der Waals surface area contributed by atoms with E-state index in [1.54, 1.807) is 6.07 Å². The zero-order chi connectivity index (χ0) is 23.2. The van der Waals surface area contributed by atoms with Crippen LogP contribution < -0.4 is 20.5 Å². The minimum Gasteiger partial charge on any atom is -0.492 e. The summed E-state index contributed by atoms with van der Waals surface area (Å²) in [5.74, 6) is 0.533. The topological polar surface area (TPSA) is 127 Å². The summed E-state index contributed by atoms with van der Waals surface area (Å²) in [7, 11) is 0. The first kappa shape index (κ1) is 21.5. The van der Waals surface area contributed by atoms with Gasteiger partial charge in [-0.25, -0.2) is 0 Å². The molecule has 0 atom stereocenters. The first-order valence-electron chi connectivity index (χ1n) is 11.6. The third kappa shape index (κ3) is 4.08. The number of benzene rings is 1. The van der Waals surface area contributed by atoms with Crippen molar-refractivity contribution >= 4 is 28.3 Å². The standard InChI is InChI=1S/C24H29N5O4/c1-2-33-21-13-18-15(12-19(21)26-23(30)20-4-3-5-22(25)29(20)32)14-28(27-18)17-8-10-24(31,11-9-17)16-6-7-16/h3-5,12-14,16-17,25,31-32H,2,6-11H2,1H3,(H,26,30)/p+1. The molecular weight excluding hydrogens is 422 g/mol. The summed E-state index contributed by atoms with van der Waals surface area (Å²) < 4.78 is 8.40. The fourth-order valence-electron chi connectivity index (χ4n) is 4.90. The monoisotopic (exact) mass is 452 g/mol. The summed E-state index contributed by atoms with van der Waals surface area (Å²) in [6.07, 6.45) is 7.70. The van der Waals surface area contributed by atoms with Crippen molar-refractivity contribution in [1.82, 2.24) is 9.78 Å². The summed E-state index contributed by atoms with van der Waals surface area (Å²) in [5.41, 5.74) is 6.48. The molecule has 0 radical (unpaired) electrons. The van der Waals surface area contributed by atoms with Gasteiger partial charge in [0.25, 0.3) is 5.91 Å². The average Bonchev–Trinajstić information content (AvgIpc) is 3.58. The van der Waals surface area contributed by atoms with Crippen molar-refractivity contribution in [1.29, 1.82) is 0 Å². The number of nitrogens with zero attached hydrogens (tertiary/aromatic N) is 3. The number of hydrogen-bond acceptors (Lipinski definition) is 6. The van der Waals surface area contributed by atoms with E-state index in [4.69, 9.17) is 15.6 Å². The number of amides is 1. The van der Waals surface area contributed by atoms with Gasteiger partial charge >= 0.3 is 5.82 Å². The Labute approximate surface area is 191 Å². The van der Waals surface area contributed by atoms with Gasteiger partial charge in [-0.05, 0) is 74.3 Å². The second-order valence-corrected chi connectivity index (χ2v) is 9.16. The highest BCUT2D eigenvalue weighted by atomic mass is 16.5.